The molecule has 3 aromatic rings. The fraction of sp³-hybridized carbons (Fsp3) is 0.130. The zero-order valence-electron chi connectivity index (χ0n) is 18.0. The number of nitro groups is 1. The molecule has 10 nitrogen and oxygen atoms in total. The molecule has 0 aliphatic rings. The first-order valence-corrected chi connectivity index (χ1v) is 11.5. The van der Waals surface area contributed by atoms with Crippen molar-refractivity contribution in [2.75, 3.05) is 0 Å². The Hall–Kier alpha value is -4.19. The molecule has 174 valence electrons. The fourth-order valence-electron chi connectivity index (χ4n) is 2.77. The number of ether oxygens (including phenoxy) is 1. The zero-order valence-corrected chi connectivity index (χ0v) is 18.9. The molecule has 0 aliphatic carbocycles. The number of rotatable bonds is 10. The van der Waals surface area contributed by atoms with Crippen molar-refractivity contribution in [2.45, 2.75) is 19.6 Å². The molecule has 34 heavy (non-hydrogen) atoms. The summed E-state index contributed by atoms with van der Waals surface area (Å²) in [6, 6.07) is 21.0. The number of nitriles is 1. The van der Waals surface area contributed by atoms with Gasteiger partial charge in [0.05, 0.1) is 16.6 Å². The first-order chi connectivity index (χ1) is 16.3. The van der Waals surface area contributed by atoms with E-state index in [0.717, 1.165) is 17.7 Å². The van der Waals surface area contributed by atoms with Crippen molar-refractivity contribution in [2.24, 2.45) is 0 Å². The molecule has 0 bridgehead atoms. The first kappa shape index (κ1) is 24.5. The van der Waals surface area contributed by atoms with E-state index in [4.69, 9.17) is 19.0 Å². The van der Waals surface area contributed by atoms with Gasteiger partial charge < -0.3 is 13.8 Å². The van der Waals surface area contributed by atoms with Crippen molar-refractivity contribution in [3.63, 3.8) is 0 Å². The van der Waals surface area contributed by atoms with Crippen molar-refractivity contribution in [3.8, 4) is 17.6 Å². The monoisotopic (exact) mass is 481 g/mol. The number of carbonyl (C=O) groups excluding carboxylic acids is 1. The number of benzene rings is 3. The molecule has 0 radical (unpaired) electrons. The van der Waals surface area contributed by atoms with Gasteiger partial charge in [0.2, 0.25) is 5.75 Å². The van der Waals surface area contributed by atoms with Crippen molar-refractivity contribution >= 4 is 19.4 Å². The van der Waals surface area contributed by atoms with E-state index in [-0.39, 0.29) is 17.9 Å². The molecule has 1 unspecified atom stereocenters. The molecule has 3 aromatic carbocycles. The Morgan fingerprint density at radius 3 is 2.35 bits per heavy atom. The van der Waals surface area contributed by atoms with Gasteiger partial charge in [-0.15, -0.1) is 0 Å². The predicted molar refractivity (Wildman–Crippen MR) is 122 cm³/mol. The molecule has 0 fully saturated rings. The average Bonchev–Trinajstić information content (AvgIpc) is 2.83. The lowest BCUT2D eigenvalue weighted by atomic mass is 10.2. The lowest BCUT2D eigenvalue weighted by Gasteiger charge is -2.23. The van der Waals surface area contributed by atoms with Gasteiger partial charge in [-0.25, -0.2) is 4.57 Å². The third kappa shape index (κ3) is 6.65. The van der Waals surface area contributed by atoms with Gasteiger partial charge in [0.1, 0.15) is 18.4 Å². The topological polar surface area (TPSA) is 141 Å². The van der Waals surface area contributed by atoms with E-state index < -0.39 is 36.1 Å². The van der Waals surface area contributed by atoms with Gasteiger partial charge >= 0.3 is 19.4 Å². The standard InChI is InChI=1S/C23H20N3O7P/c1-17(23(27)31-16-18-8-4-2-5-9-18)25-34(30,32-20-10-6-3-7-11-20)33-22-13-12-19(15-24)14-21(22)26(28)29/h2-14,17H,16H2,1H3,(H,25,30)/t17-,34?/m0/s1. The van der Waals surface area contributed by atoms with E-state index in [2.05, 4.69) is 5.09 Å². The number of nitro benzene ring substituents is 1. The van der Waals surface area contributed by atoms with Gasteiger partial charge in [0.15, 0.2) is 0 Å². The normalized spacial score (nSPS) is 13.1. The van der Waals surface area contributed by atoms with Gasteiger partial charge in [0, 0.05) is 6.07 Å². The second kappa shape index (κ2) is 11.1. The summed E-state index contributed by atoms with van der Waals surface area (Å²) < 4.78 is 29.8. The van der Waals surface area contributed by atoms with Crippen molar-refractivity contribution < 1.29 is 28.1 Å². The highest BCUT2D eigenvalue weighted by molar-refractivity contribution is 7.52. The lowest BCUT2D eigenvalue weighted by Crippen LogP contribution is -2.35. The minimum atomic E-state index is -4.40. The third-order valence-corrected chi connectivity index (χ3v) is 5.99. The highest BCUT2D eigenvalue weighted by Crippen LogP contribution is 2.47. The molecule has 0 amide bonds. The quantitative estimate of drug-likeness (QED) is 0.188. The van der Waals surface area contributed by atoms with E-state index in [0.29, 0.717) is 0 Å². The van der Waals surface area contributed by atoms with Crippen LogP contribution in [0.5, 0.6) is 11.5 Å². The van der Waals surface area contributed by atoms with Crippen LogP contribution >= 0.6 is 7.75 Å². The van der Waals surface area contributed by atoms with Gasteiger partial charge in [0.25, 0.3) is 0 Å². The van der Waals surface area contributed by atoms with Crippen LogP contribution in [0.4, 0.5) is 5.69 Å². The molecule has 0 saturated heterocycles. The second-order valence-corrected chi connectivity index (χ2v) is 8.61. The van der Waals surface area contributed by atoms with E-state index in [9.17, 15) is 19.5 Å². The lowest BCUT2D eigenvalue weighted by molar-refractivity contribution is -0.385. The number of carbonyl (C=O) groups is 1. The van der Waals surface area contributed by atoms with Gasteiger partial charge in [-0.2, -0.15) is 10.3 Å². The van der Waals surface area contributed by atoms with Gasteiger partial charge in [-0.05, 0) is 36.8 Å². The summed E-state index contributed by atoms with van der Waals surface area (Å²) in [5.74, 6) is -1.00. The smallest absolute Gasteiger partial charge is 0.460 e. The largest absolute Gasteiger partial charge is 0.513 e. The van der Waals surface area contributed by atoms with E-state index in [1.807, 2.05) is 6.07 Å². The Bertz CT molecular complexity index is 1250. The van der Waals surface area contributed by atoms with E-state index in [1.165, 1.54) is 25.1 Å². The highest BCUT2D eigenvalue weighted by Gasteiger charge is 2.36. The molecule has 0 saturated carbocycles. The maximum absolute atomic E-state index is 13.6. The van der Waals surface area contributed by atoms with Crippen molar-refractivity contribution in [3.05, 3.63) is 100 Å². The Kier molecular flexibility index (Phi) is 7.98. The SMILES string of the molecule is C[C@H](NP(=O)(Oc1ccccc1)Oc1ccc(C#N)cc1[N+](=O)[O-])C(=O)OCc1ccccc1. The summed E-state index contributed by atoms with van der Waals surface area (Å²) >= 11 is 0. The molecule has 11 heteroatoms. The van der Waals surface area contributed by atoms with E-state index >= 15 is 0 Å². The molecule has 0 heterocycles. The number of hydrogen-bond acceptors (Lipinski definition) is 8. The summed E-state index contributed by atoms with van der Waals surface area (Å²) in [6.45, 7) is 1.39. The first-order valence-electron chi connectivity index (χ1n) is 10.0. The van der Waals surface area contributed by atoms with Crippen LogP contribution < -0.4 is 14.1 Å². The molecular weight excluding hydrogens is 461 g/mol. The fourth-order valence-corrected chi connectivity index (χ4v) is 4.31. The minimum Gasteiger partial charge on any atom is -0.460 e. The third-order valence-electron chi connectivity index (χ3n) is 4.40. The second-order valence-electron chi connectivity index (χ2n) is 6.99. The average molecular weight is 481 g/mol. The Morgan fingerprint density at radius 1 is 1.09 bits per heavy atom. The molecule has 0 spiro atoms. The van der Waals surface area contributed by atoms with Gasteiger partial charge in [-0.3, -0.25) is 14.9 Å². The summed E-state index contributed by atoms with van der Waals surface area (Å²) in [4.78, 5) is 23.2. The van der Waals surface area contributed by atoms with Gasteiger partial charge in [-0.1, -0.05) is 48.5 Å². The molecular formula is C23H20N3O7P. The van der Waals surface area contributed by atoms with Crippen molar-refractivity contribution in [1.29, 1.82) is 5.26 Å². The number of nitrogens with one attached hydrogen (secondary N) is 1. The van der Waals surface area contributed by atoms with Crippen LogP contribution in [0.15, 0.2) is 78.9 Å². The van der Waals surface area contributed by atoms with Crippen LogP contribution in [0, 0.1) is 21.4 Å². The molecule has 0 aromatic heterocycles. The molecule has 2 atom stereocenters. The van der Waals surface area contributed by atoms with E-state index in [1.54, 1.807) is 48.5 Å². The van der Waals surface area contributed by atoms with Crippen LogP contribution in [0.2, 0.25) is 0 Å². The number of esters is 1. The van der Waals surface area contributed by atoms with Crippen LogP contribution in [0.3, 0.4) is 0 Å². The molecule has 0 aliphatic heterocycles. The van der Waals surface area contributed by atoms with Crippen LogP contribution in [0.25, 0.3) is 0 Å². The maximum atomic E-state index is 13.6. The number of nitrogens with zero attached hydrogens (tertiary/aromatic N) is 2. The zero-order chi connectivity index (χ0) is 24.6. The Labute approximate surface area is 195 Å². The number of para-hydroxylation sites is 1. The number of hydrogen-bond donors (Lipinski definition) is 1. The predicted octanol–water partition coefficient (Wildman–Crippen LogP) is 4.75. The summed E-state index contributed by atoms with van der Waals surface area (Å²) in [5.41, 5.74) is 0.192. The van der Waals surface area contributed by atoms with Crippen LogP contribution in [-0.4, -0.2) is 16.9 Å². The van der Waals surface area contributed by atoms with Crippen molar-refractivity contribution in [1.82, 2.24) is 5.09 Å². The summed E-state index contributed by atoms with van der Waals surface area (Å²) in [5, 5.41) is 23.0. The molecule has 1 N–H and O–H groups in total. The van der Waals surface area contributed by atoms with Crippen LogP contribution in [0.1, 0.15) is 18.1 Å². The minimum absolute atomic E-state index is 0.00249. The molecule has 3 rings (SSSR count). The Balaban J connectivity index is 1.83. The Morgan fingerprint density at radius 2 is 1.74 bits per heavy atom. The summed E-state index contributed by atoms with van der Waals surface area (Å²) in [7, 11) is -4.40. The summed E-state index contributed by atoms with van der Waals surface area (Å²) in [6.07, 6.45) is 0. The highest BCUT2D eigenvalue weighted by atomic mass is 31.2. The maximum Gasteiger partial charge on any atom is 0.513 e. The van der Waals surface area contributed by atoms with Crippen LogP contribution in [-0.2, 0) is 20.7 Å².